The fourth-order valence-corrected chi connectivity index (χ4v) is 3.88. The summed E-state index contributed by atoms with van der Waals surface area (Å²) in [6.07, 6.45) is 0.590. The summed E-state index contributed by atoms with van der Waals surface area (Å²) in [5, 5.41) is 4.57. The van der Waals surface area contributed by atoms with Crippen LogP contribution in [0.2, 0.25) is 0 Å². The molecule has 0 saturated heterocycles. The van der Waals surface area contributed by atoms with E-state index in [4.69, 9.17) is 14.2 Å². The number of aromatic nitrogens is 1. The van der Waals surface area contributed by atoms with Gasteiger partial charge in [0.25, 0.3) is 0 Å². The number of hydrogen-bond donors (Lipinski definition) is 2. The molecular formula is C20H18N2O4. The molecule has 26 heavy (non-hydrogen) atoms. The molecular weight excluding hydrogens is 332 g/mol. The summed E-state index contributed by atoms with van der Waals surface area (Å²) in [6, 6.07) is 13.5. The van der Waals surface area contributed by atoms with E-state index in [1.807, 2.05) is 30.3 Å². The number of H-pyrrole nitrogens is 1. The predicted molar refractivity (Wildman–Crippen MR) is 95.4 cm³/mol. The zero-order valence-corrected chi connectivity index (χ0v) is 14.2. The highest BCUT2D eigenvalue weighted by Crippen LogP contribution is 2.39. The average Bonchev–Trinajstić information content (AvgIpc) is 3.30. The molecule has 6 heteroatoms. The van der Waals surface area contributed by atoms with Gasteiger partial charge in [0, 0.05) is 23.0 Å². The molecule has 3 aromatic rings. The first-order valence-corrected chi connectivity index (χ1v) is 8.57. The third kappa shape index (κ3) is 2.26. The molecule has 2 N–H and O–H groups in total. The summed E-state index contributed by atoms with van der Waals surface area (Å²) < 4.78 is 15.9. The fraction of sp³-hybridized carbons (Fsp3) is 0.250. The fourth-order valence-electron chi connectivity index (χ4n) is 3.88. The zero-order chi connectivity index (χ0) is 17.7. The molecule has 0 radical (unpaired) electrons. The van der Waals surface area contributed by atoms with E-state index >= 15 is 0 Å². The molecule has 0 spiro atoms. The van der Waals surface area contributed by atoms with Crippen molar-refractivity contribution in [3.8, 4) is 11.5 Å². The van der Waals surface area contributed by atoms with Gasteiger partial charge in [-0.25, -0.2) is 0 Å². The van der Waals surface area contributed by atoms with Crippen molar-refractivity contribution >= 4 is 16.9 Å². The number of ether oxygens (including phenoxy) is 3. The minimum Gasteiger partial charge on any atom is -0.468 e. The molecule has 3 heterocycles. The summed E-state index contributed by atoms with van der Waals surface area (Å²) >= 11 is 0. The van der Waals surface area contributed by atoms with Crippen molar-refractivity contribution in [2.24, 2.45) is 0 Å². The zero-order valence-electron chi connectivity index (χ0n) is 14.2. The van der Waals surface area contributed by atoms with Crippen molar-refractivity contribution < 1.29 is 19.0 Å². The second kappa shape index (κ2) is 5.78. The lowest BCUT2D eigenvalue weighted by Gasteiger charge is -2.30. The monoisotopic (exact) mass is 350 g/mol. The number of nitrogens with one attached hydrogen (secondary N) is 2. The van der Waals surface area contributed by atoms with E-state index < -0.39 is 6.04 Å². The average molecular weight is 350 g/mol. The normalized spacial score (nSPS) is 20.8. The van der Waals surface area contributed by atoms with E-state index in [2.05, 4.69) is 22.4 Å². The maximum absolute atomic E-state index is 12.3. The van der Waals surface area contributed by atoms with Gasteiger partial charge in [0.15, 0.2) is 11.5 Å². The van der Waals surface area contributed by atoms with E-state index in [9.17, 15) is 4.79 Å². The van der Waals surface area contributed by atoms with Gasteiger partial charge in [-0.2, -0.15) is 0 Å². The lowest BCUT2D eigenvalue weighted by atomic mass is 9.90. The first-order chi connectivity index (χ1) is 12.7. The number of hydrogen-bond acceptors (Lipinski definition) is 5. The minimum absolute atomic E-state index is 0.162. The third-order valence-electron chi connectivity index (χ3n) is 5.13. The van der Waals surface area contributed by atoms with Crippen molar-refractivity contribution in [3.63, 3.8) is 0 Å². The van der Waals surface area contributed by atoms with Crippen molar-refractivity contribution in [2.75, 3.05) is 13.9 Å². The first-order valence-electron chi connectivity index (χ1n) is 8.57. The summed E-state index contributed by atoms with van der Waals surface area (Å²) in [6.45, 7) is 0.235. The van der Waals surface area contributed by atoms with Crippen LogP contribution in [-0.4, -0.2) is 30.9 Å². The molecule has 0 aliphatic carbocycles. The van der Waals surface area contributed by atoms with Crippen LogP contribution in [0.1, 0.15) is 22.9 Å². The van der Waals surface area contributed by atoms with Gasteiger partial charge in [-0.15, -0.1) is 0 Å². The third-order valence-corrected chi connectivity index (χ3v) is 5.13. The van der Waals surface area contributed by atoms with Crippen molar-refractivity contribution in [1.29, 1.82) is 0 Å². The molecule has 2 atom stereocenters. The van der Waals surface area contributed by atoms with Gasteiger partial charge in [-0.1, -0.05) is 24.3 Å². The number of benzene rings is 2. The van der Waals surface area contributed by atoms with Gasteiger partial charge in [0.05, 0.1) is 13.2 Å². The second-order valence-corrected chi connectivity index (χ2v) is 6.56. The number of para-hydroxylation sites is 1. The molecule has 0 amide bonds. The highest BCUT2D eigenvalue weighted by molar-refractivity contribution is 5.87. The standard InChI is InChI=1S/C20H18N2O4/c1-24-20(23)15-9-13-12-4-2-3-5-14(12)21-19(13)18(22-15)11-6-7-16-17(8-11)26-10-25-16/h2-8,15,18,21-22H,9-10H2,1H3. The Morgan fingerprint density at radius 2 is 2.00 bits per heavy atom. The lowest BCUT2D eigenvalue weighted by molar-refractivity contribution is -0.143. The van der Waals surface area contributed by atoms with Crippen LogP contribution >= 0.6 is 0 Å². The largest absolute Gasteiger partial charge is 0.468 e. The molecule has 2 aliphatic rings. The minimum atomic E-state index is -0.401. The summed E-state index contributed by atoms with van der Waals surface area (Å²) in [5.41, 5.74) is 4.30. The van der Waals surface area contributed by atoms with Crippen molar-refractivity contribution in [2.45, 2.75) is 18.5 Å². The van der Waals surface area contributed by atoms with Crippen molar-refractivity contribution in [1.82, 2.24) is 10.3 Å². The van der Waals surface area contributed by atoms with Crippen LogP contribution in [-0.2, 0) is 16.0 Å². The number of carbonyl (C=O) groups excluding carboxylic acids is 1. The van der Waals surface area contributed by atoms with Crippen LogP contribution in [0.5, 0.6) is 11.5 Å². The van der Waals surface area contributed by atoms with Gasteiger partial charge < -0.3 is 19.2 Å². The van der Waals surface area contributed by atoms with Crippen LogP contribution in [0, 0.1) is 0 Å². The highest BCUT2D eigenvalue weighted by atomic mass is 16.7. The summed E-state index contributed by atoms with van der Waals surface area (Å²) in [5.74, 6) is 1.21. The van der Waals surface area contributed by atoms with Gasteiger partial charge in [-0.05, 0) is 29.3 Å². The van der Waals surface area contributed by atoms with Crippen molar-refractivity contribution in [3.05, 3.63) is 59.3 Å². The number of esters is 1. The highest BCUT2D eigenvalue weighted by Gasteiger charge is 2.35. The second-order valence-electron chi connectivity index (χ2n) is 6.56. The Kier molecular flexibility index (Phi) is 3.39. The Morgan fingerprint density at radius 3 is 2.88 bits per heavy atom. The number of carbonyl (C=O) groups is 1. The van der Waals surface area contributed by atoms with Crippen LogP contribution in [0.15, 0.2) is 42.5 Å². The van der Waals surface area contributed by atoms with E-state index in [1.165, 1.54) is 7.11 Å². The number of aromatic amines is 1. The maximum Gasteiger partial charge on any atom is 0.323 e. The van der Waals surface area contributed by atoms with Crippen LogP contribution in [0.3, 0.4) is 0 Å². The van der Waals surface area contributed by atoms with Crippen LogP contribution < -0.4 is 14.8 Å². The number of rotatable bonds is 2. The van der Waals surface area contributed by atoms with E-state index in [0.29, 0.717) is 6.42 Å². The van der Waals surface area contributed by atoms with Gasteiger partial charge in [0.2, 0.25) is 6.79 Å². The van der Waals surface area contributed by atoms with Gasteiger partial charge >= 0.3 is 5.97 Å². The molecule has 5 rings (SSSR count). The quantitative estimate of drug-likeness (QED) is 0.695. The molecule has 132 valence electrons. The summed E-state index contributed by atoms with van der Waals surface area (Å²) in [4.78, 5) is 15.8. The summed E-state index contributed by atoms with van der Waals surface area (Å²) in [7, 11) is 1.42. The van der Waals surface area contributed by atoms with E-state index in [0.717, 1.165) is 39.2 Å². The maximum atomic E-state index is 12.3. The molecule has 2 unspecified atom stereocenters. The van der Waals surface area contributed by atoms with Crippen LogP contribution in [0.25, 0.3) is 10.9 Å². The molecule has 2 aromatic carbocycles. The van der Waals surface area contributed by atoms with E-state index in [1.54, 1.807) is 0 Å². The molecule has 0 fully saturated rings. The van der Waals surface area contributed by atoms with Gasteiger partial charge in [0.1, 0.15) is 6.04 Å². The topological polar surface area (TPSA) is 72.6 Å². The number of fused-ring (bicyclic) bond motifs is 4. The number of methoxy groups -OCH3 is 1. The molecule has 0 saturated carbocycles. The predicted octanol–water partition coefficient (Wildman–Crippen LogP) is 2.67. The Hall–Kier alpha value is -2.99. The van der Waals surface area contributed by atoms with E-state index in [-0.39, 0.29) is 18.8 Å². The molecule has 1 aromatic heterocycles. The van der Waals surface area contributed by atoms with Crippen LogP contribution in [0.4, 0.5) is 0 Å². The lowest BCUT2D eigenvalue weighted by Crippen LogP contribution is -2.45. The molecule has 2 aliphatic heterocycles. The SMILES string of the molecule is COC(=O)C1Cc2c([nH]c3ccccc23)C(c2ccc3c(c2)OCO3)N1. The smallest absolute Gasteiger partial charge is 0.323 e. The first kappa shape index (κ1) is 15.3. The van der Waals surface area contributed by atoms with Gasteiger partial charge in [-0.3, -0.25) is 10.1 Å². The Bertz CT molecular complexity index is 1010. The molecule has 6 nitrogen and oxygen atoms in total. The Morgan fingerprint density at radius 1 is 1.15 bits per heavy atom. The Balaban J connectivity index is 1.65. The molecule has 0 bridgehead atoms. The Labute approximate surface area is 150 Å².